The number of fused-ring (bicyclic) bond motifs is 5. The molecule has 5 aliphatic rings. The molecule has 3 saturated carbocycles. The predicted octanol–water partition coefficient (Wildman–Crippen LogP) is 7.94. The molecule has 3 N–H and O–H groups in total. The standard InChI is InChI=1S/C37H57F2N3O5.C2H6/c1-23(2)7-5-6-8-24-10-12-28-27-11-9-25-21-26(13-16-36(25,4)29(27)14-17-35(24,28)3)46-20-19-45-22-30-32(43)37(38,39)33(47-30)42-18-15-31(40)41-34(42)44;1-2/h9,15,18,23-24,26-30,32-33,43H,5-8,10-14,16-17,19-22H2,1-4H3,(H2,40,41,44);1-2H3. The monoisotopic (exact) mass is 691 g/mol. The van der Waals surface area contributed by atoms with Gasteiger partial charge in [0.1, 0.15) is 11.9 Å². The summed E-state index contributed by atoms with van der Waals surface area (Å²) in [5.74, 6) is 0.367. The van der Waals surface area contributed by atoms with Crippen molar-refractivity contribution in [2.75, 3.05) is 25.6 Å². The van der Waals surface area contributed by atoms with Gasteiger partial charge in [-0.3, -0.25) is 4.57 Å². The number of allylic oxidation sites excluding steroid dienone is 1. The molecule has 49 heavy (non-hydrogen) atoms. The second-order valence-corrected chi connectivity index (χ2v) is 16.3. The SMILES string of the molecule is CC.CC(C)CCCCC1CCC2C3CC=C4CC(OCCOCC5OC(n6ccc(N)nc6=O)C(F)(F)C5O)CCC4(C)C3CCC12C. The van der Waals surface area contributed by atoms with Crippen LogP contribution in [0.25, 0.3) is 0 Å². The van der Waals surface area contributed by atoms with Crippen molar-refractivity contribution in [1.29, 1.82) is 0 Å². The number of anilines is 1. The quantitative estimate of drug-likeness (QED) is 0.169. The summed E-state index contributed by atoms with van der Waals surface area (Å²) in [6.07, 6.45) is 13.8. The Kier molecular flexibility index (Phi) is 12.4. The van der Waals surface area contributed by atoms with Crippen molar-refractivity contribution in [1.82, 2.24) is 9.55 Å². The van der Waals surface area contributed by atoms with E-state index in [2.05, 4.69) is 38.8 Å². The Morgan fingerprint density at radius 2 is 1.88 bits per heavy atom. The Labute approximate surface area is 292 Å². The molecule has 10 atom stereocenters. The lowest BCUT2D eigenvalue weighted by molar-refractivity contribution is -0.141. The first kappa shape index (κ1) is 38.4. The van der Waals surface area contributed by atoms with Crippen LogP contribution in [0.2, 0.25) is 0 Å². The number of halogens is 2. The molecule has 2 heterocycles. The van der Waals surface area contributed by atoms with Crippen molar-refractivity contribution in [3.05, 3.63) is 34.4 Å². The summed E-state index contributed by atoms with van der Waals surface area (Å²) < 4.78 is 47.5. The lowest BCUT2D eigenvalue weighted by Gasteiger charge is -2.58. The van der Waals surface area contributed by atoms with Crippen molar-refractivity contribution in [3.8, 4) is 0 Å². The van der Waals surface area contributed by atoms with E-state index in [1.807, 2.05) is 13.8 Å². The summed E-state index contributed by atoms with van der Waals surface area (Å²) in [7, 11) is 0. The van der Waals surface area contributed by atoms with Crippen LogP contribution in [0.15, 0.2) is 28.7 Å². The molecule has 0 amide bonds. The maximum absolute atomic E-state index is 14.8. The molecule has 4 fully saturated rings. The molecule has 10 unspecified atom stereocenters. The van der Waals surface area contributed by atoms with Gasteiger partial charge in [0, 0.05) is 6.20 Å². The molecule has 6 rings (SSSR count). The fraction of sp³-hybridized carbons (Fsp3) is 0.846. The van der Waals surface area contributed by atoms with Gasteiger partial charge in [0.25, 0.3) is 0 Å². The molecule has 0 spiro atoms. The smallest absolute Gasteiger partial charge is 0.351 e. The highest BCUT2D eigenvalue weighted by Gasteiger charge is 2.60. The van der Waals surface area contributed by atoms with E-state index in [1.54, 1.807) is 5.57 Å². The summed E-state index contributed by atoms with van der Waals surface area (Å²) >= 11 is 0. The summed E-state index contributed by atoms with van der Waals surface area (Å²) in [4.78, 5) is 15.6. The van der Waals surface area contributed by atoms with E-state index in [4.69, 9.17) is 19.9 Å². The summed E-state index contributed by atoms with van der Waals surface area (Å²) in [6, 6.07) is 1.23. The average Bonchev–Trinajstić information content (AvgIpc) is 3.52. The molecule has 4 aliphatic carbocycles. The third-order valence-corrected chi connectivity index (χ3v) is 13.2. The number of unbranched alkanes of at least 4 members (excludes halogenated alkanes) is 1. The van der Waals surface area contributed by atoms with Gasteiger partial charge in [-0.2, -0.15) is 13.8 Å². The van der Waals surface area contributed by atoms with Crippen LogP contribution >= 0.6 is 0 Å². The van der Waals surface area contributed by atoms with Crippen LogP contribution in [0.3, 0.4) is 0 Å². The van der Waals surface area contributed by atoms with Crippen LogP contribution in [0.5, 0.6) is 0 Å². The first-order valence-electron chi connectivity index (χ1n) is 19.3. The number of aromatic nitrogens is 2. The number of nitrogens with two attached hydrogens (primary N) is 1. The van der Waals surface area contributed by atoms with Gasteiger partial charge in [-0.25, -0.2) is 4.79 Å². The Morgan fingerprint density at radius 3 is 2.61 bits per heavy atom. The Morgan fingerprint density at radius 1 is 1.10 bits per heavy atom. The molecular formula is C39H63F2N3O5. The second kappa shape index (κ2) is 15.8. The second-order valence-electron chi connectivity index (χ2n) is 16.3. The number of ether oxygens (including phenoxy) is 3. The number of nitrogen functional groups attached to an aromatic ring is 1. The maximum atomic E-state index is 14.8. The van der Waals surface area contributed by atoms with Gasteiger partial charge in [0.05, 0.1) is 25.9 Å². The number of nitrogens with zero attached hydrogens (tertiary/aromatic N) is 2. The molecule has 1 aromatic heterocycles. The Hall–Kier alpha value is -1.88. The third-order valence-electron chi connectivity index (χ3n) is 13.2. The van der Waals surface area contributed by atoms with E-state index < -0.39 is 30.0 Å². The van der Waals surface area contributed by atoms with Gasteiger partial charge < -0.3 is 25.1 Å². The normalized spacial score (nSPS) is 37.9. The first-order valence-corrected chi connectivity index (χ1v) is 19.3. The fourth-order valence-corrected chi connectivity index (χ4v) is 10.5. The van der Waals surface area contributed by atoms with E-state index in [-0.39, 0.29) is 30.6 Å². The minimum atomic E-state index is -3.70. The average molecular weight is 692 g/mol. The van der Waals surface area contributed by atoms with Crippen LogP contribution in [0.1, 0.15) is 125 Å². The molecule has 1 saturated heterocycles. The summed E-state index contributed by atoms with van der Waals surface area (Å²) in [6.45, 7) is 14.1. The highest BCUT2D eigenvalue weighted by molar-refractivity contribution is 5.26. The van der Waals surface area contributed by atoms with Crippen LogP contribution in [0.4, 0.5) is 14.6 Å². The third kappa shape index (κ3) is 7.68. The molecular weight excluding hydrogens is 628 g/mol. The van der Waals surface area contributed by atoms with Gasteiger partial charge in [0.2, 0.25) is 6.23 Å². The first-order chi connectivity index (χ1) is 23.3. The molecule has 1 aromatic rings. The molecule has 1 aliphatic heterocycles. The van der Waals surface area contributed by atoms with E-state index >= 15 is 0 Å². The van der Waals surface area contributed by atoms with E-state index in [9.17, 15) is 18.7 Å². The van der Waals surface area contributed by atoms with Gasteiger partial charge in [-0.15, -0.1) is 0 Å². The number of hydrogen-bond donors (Lipinski definition) is 2. The number of alkyl halides is 2. The molecule has 10 heteroatoms. The fourth-order valence-electron chi connectivity index (χ4n) is 10.5. The lowest BCUT2D eigenvalue weighted by atomic mass is 9.47. The predicted molar refractivity (Wildman–Crippen MR) is 188 cm³/mol. The minimum Gasteiger partial charge on any atom is -0.384 e. The number of aliphatic hydroxyl groups excluding tert-OH is 1. The van der Waals surface area contributed by atoms with Crippen molar-refractivity contribution in [3.63, 3.8) is 0 Å². The van der Waals surface area contributed by atoms with Gasteiger partial charge in [0.15, 0.2) is 6.10 Å². The van der Waals surface area contributed by atoms with Crippen molar-refractivity contribution in [2.24, 2.45) is 40.4 Å². The van der Waals surface area contributed by atoms with Crippen molar-refractivity contribution in [2.45, 2.75) is 149 Å². The summed E-state index contributed by atoms with van der Waals surface area (Å²) in [5, 5.41) is 10.3. The van der Waals surface area contributed by atoms with E-state index in [0.29, 0.717) is 16.6 Å². The highest BCUT2D eigenvalue weighted by atomic mass is 19.3. The van der Waals surface area contributed by atoms with Crippen LogP contribution in [-0.2, 0) is 14.2 Å². The number of aliphatic hydroxyl groups is 1. The molecule has 278 valence electrons. The van der Waals surface area contributed by atoms with Crippen LogP contribution < -0.4 is 11.4 Å². The van der Waals surface area contributed by atoms with E-state index in [0.717, 1.165) is 55.0 Å². The zero-order valence-corrected chi connectivity index (χ0v) is 30.8. The highest BCUT2D eigenvalue weighted by Crippen LogP contribution is 2.66. The number of rotatable bonds is 12. The largest absolute Gasteiger partial charge is 0.384 e. The van der Waals surface area contributed by atoms with Gasteiger partial charge in [-0.1, -0.05) is 72.5 Å². The van der Waals surface area contributed by atoms with E-state index in [1.165, 1.54) is 63.9 Å². The number of hydrogen-bond acceptors (Lipinski definition) is 7. The van der Waals surface area contributed by atoms with Gasteiger partial charge >= 0.3 is 11.6 Å². The zero-order valence-electron chi connectivity index (χ0n) is 30.8. The molecule has 0 aromatic carbocycles. The van der Waals surface area contributed by atoms with Crippen LogP contribution in [0, 0.1) is 40.4 Å². The van der Waals surface area contributed by atoms with Crippen molar-refractivity contribution >= 4 is 5.82 Å². The Balaban J connectivity index is 0.00000230. The van der Waals surface area contributed by atoms with Crippen LogP contribution in [-0.4, -0.2) is 58.7 Å². The molecule has 8 nitrogen and oxygen atoms in total. The lowest BCUT2D eigenvalue weighted by Crippen LogP contribution is -2.50. The van der Waals surface area contributed by atoms with Gasteiger partial charge in [-0.05, 0) is 104 Å². The minimum absolute atomic E-state index is 0.0820. The maximum Gasteiger partial charge on any atom is 0.351 e. The zero-order chi connectivity index (χ0) is 35.6. The summed E-state index contributed by atoms with van der Waals surface area (Å²) in [5.41, 5.74) is 6.85. The Bertz CT molecular complexity index is 1340. The topological polar surface area (TPSA) is 109 Å². The molecule has 0 radical (unpaired) electrons. The molecule has 0 bridgehead atoms. The van der Waals surface area contributed by atoms with Crippen molar-refractivity contribution < 1.29 is 28.1 Å².